The molecule has 2 aliphatic rings. The van der Waals surface area contributed by atoms with Gasteiger partial charge in [-0.3, -0.25) is 4.99 Å². The molecule has 0 unspecified atom stereocenters. The van der Waals surface area contributed by atoms with Crippen molar-refractivity contribution in [3.8, 4) is 17.2 Å². The minimum absolute atomic E-state index is 0.184. The van der Waals surface area contributed by atoms with Crippen LogP contribution in [0.2, 0.25) is 0 Å². The number of anilines is 1. The number of hydrogen-bond acceptors (Lipinski definition) is 5. The predicted molar refractivity (Wildman–Crippen MR) is 112 cm³/mol. The van der Waals surface area contributed by atoms with Crippen molar-refractivity contribution in [3.63, 3.8) is 0 Å². The van der Waals surface area contributed by atoms with Gasteiger partial charge in [-0.25, -0.2) is 4.39 Å². The summed E-state index contributed by atoms with van der Waals surface area (Å²) < 4.78 is 36.2. The zero-order valence-corrected chi connectivity index (χ0v) is 17.0. The van der Waals surface area contributed by atoms with Gasteiger partial charge >= 0.3 is 0 Å². The summed E-state index contributed by atoms with van der Waals surface area (Å²) >= 11 is 0. The van der Waals surface area contributed by atoms with E-state index in [1.165, 1.54) is 12.1 Å². The van der Waals surface area contributed by atoms with Crippen molar-refractivity contribution >= 4 is 11.6 Å². The smallest absolute Gasteiger partial charge is 0.195 e. The average Bonchev–Trinajstić information content (AvgIpc) is 2.99. The second-order valence-electron chi connectivity index (χ2n) is 7.01. The highest BCUT2D eigenvalue weighted by Crippen LogP contribution is 2.32. The molecular weight excluding hydrogens is 389 g/mol. The molecule has 2 aromatic rings. The van der Waals surface area contributed by atoms with Gasteiger partial charge in [-0.2, -0.15) is 0 Å². The summed E-state index contributed by atoms with van der Waals surface area (Å²) in [6.07, 6.45) is 1.42. The van der Waals surface area contributed by atoms with Crippen molar-refractivity contribution in [3.05, 3.63) is 47.3 Å². The third-order valence-electron chi connectivity index (χ3n) is 4.76. The maximum Gasteiger partial charge on any atom is 0.195 e. The van der Waals surface area contributed by atoms with Crippen molar-refractivity contribution in [2.45, 2.75) is 26.4 Å². The lowest BCUT2D eigenvalue weighted by atomic mass is 10.1. The molecule has 0 fully saturated rings. The fourth-order valence-corrected chi connectivity index (χ4v) is 3.42. The largest absolute Gasteiger partial charge is 0.490 e. The van der Waals surface area contributed by atoms with Gasteiger partial charge in [0, 0.05) is 36.8 Å². The third kappa shape index (κ3) is 4.94. The van der Waals surface area contributed by atoms with Crippen LogP contribution in [0.4, 0.5) is 10.1 Å². The van der Waals surface area contributed by atoms with Crippen LogP contribution in [0.15, 0.2) is 35.3 Å². The van der Waals surface area contributed by atoms with Gasteiger partial charge in [-0.1, -0.05) is 0 Å². The first-order valence-electron chi connectivity index (χ1n) is 10.2. The lowest BCUT2D eigenvalue weighted by Gasteiger charge is -2.20. The second-order valence-corrected chi connectivity index (χ2v) is 7.01. The van der Waals surface area contributed by atoms with Gasteiger partial charge in [0.25, 0.3) is 0 Å². The van der Waals surface area contributed by atoms with Gasteiger partial charge in [-0.15, -0.1) is 0 Å². The zero-order chi connectivity index (χ0) is 20.8. The minimum Gasteiger partial charge on any atom is -0.490 e. The Morgan fingerprint density at radius 3 is 2.83 bits per heavy atom. The van der Waals surface area contributed by atoms with Crippen molar-refractivity contribution in [1.82, 2.24) is 5.32 Å². The summed E-state index contributed by atoms with van der Waals surface area (Å²) in [6, 6.07) is 8.69. The summed E-state index contributed by atoms with van der Waals surface area (Å²) in [5.74, 6) is 2.53. The molecule has 0 saturated carbocycles. The van der Waals surface area contributed by atoms with E-state index < -0.39 is 0 Å². The standard InChI is InChI=1S/C22H26FN3O4/c1-2-24-22(26-18-4-5-19-20(12-18)29-9-3-8-28-19)25-7-6-15-10-17(23)11-16-13-27-14-30-21(15)16/h4-5,10-12H,2-3,6-9,13-14H2,1H3,(H2,24,25,26). The summed E-state index contributed by atoms with van der Waals surface area (Å²) in [4.78, 5) is 4.63. The first-order chi connectivity index (χ1) is 14.7. The summed E-state index contributed by atoms with van der Waals surface area (Å²) in [7, 11) is 0. The maximum atomic E-state index is 13.9. The number of benzene rings is 2. The number of nitrogens with zero attached hydrogens (tertiary/aromatic N) is 1. The quantitative estimate of drug-likeness (QED) is 0.576. The van der Waals surface area contributed by atoms with Gasteiger partial charge < -0.3 is 29.6 Å². The normalized spacial score (nSPS) is 15.6. The molecule has 0 aliphatic carbocycles. The number of nitrogens with one attached hydrogen (secondary N) is 2. The average molecular weight is 415 g/mol. The van der Waals surface area contributed by atoms with Crippen LogP contribution in [0.1, 0.15) is 24.5 Å². The lowest BCUT2D eigenvalue weighted by molar-refractivity contribution is -0.0172. The molecule has 8 heteroatoms. The van der Waals surface area contributed by atoms with E-state index in [1.54, 1.807) is 0 Å². The molecule has 2 N–H and O–H groups in total. The minimum atomic E-state index is -0.293. The topological polar surface area (TPSA) is 73.3 Å². The Kier molecular flexibility index (Phi) is 6.53. The Bertz CT molecular complexity index is 919. The summed E-state index contributed by atoms with van der Waals surface area (Å²) in [5, 5.41) is 6.51. The number of fused-ring (bicyclic) bond motifs is 2. The molecule has 2 aliphatic heterocycles. The first kappa shape index (κ1) is 20.3. The van der Waals surface area contributed by atoms with Crippen LogP contribution in [0.5, 0.6) is 17.2 Å². The highest BCUT2D eigenvalue weighted by molar-refractivity contribution is 5.93. The Balaban J connectivity index is 1.45. The van der Waals surface area contributed by atoms with E-state index in [9.17, 15) is 4.39 Å². The fourth-order valence-electron chi connectivity index (χ4n) is 3.42. The molecule has 7 nitrogen and oxygen atoms in total. The summed E-state index contributed by atoms with van der Waals surface area (Å²) in [5.41, 5.74) is 2.38. The SMILES string of the molecule is CCNC(=NCCc1cc(F)cc2c1OCOC2)Nc1ccc2c(c1)OCCCO2. The molecule has 4 rings (SSSR count). The molecular formula is C22H26FN3O4. The molecule has 0 bridgehead atoms. The van der Waals surface area contributed by atoms with E-state index in [0.29, 0.717) is 51.0 Å². The van der Waals surface area contributed by atoms with Crippen LogP contribution in [0, 0.1) is 5.82 Å². The predicted octanol–water partition coefficient (Wildman–Crippen LogP) is 3.47. The second kappa shape index (κ2) is 9.67. The maximum absolute atomic E-state index is 13.9. The molecule has 160 valence electrons. The van der Waals surface area contributed by atoms with Crippen LogP contribution < -0.4 is 24.8 Å². The fraction of sp³-hybridized carbons (Fsp3) is 0.409. The molecule has 0 radical (unpaired) electrons. The van der Waals surface area contributed by atoms with E-state index in [1.807, 2.05) is 25.1 Å². The number of guanidine groups is 1. The number of ether oxygens (including phenoxy) is 4. The van der Waals surface area contributed by atoms with Gasteiger partial charge in [0.15, 0.2) is 24.3 Å². The Morgan fingerprint density at radius 1 is 1.10 bits per heavy atom. The lowest BCUT2D eigenvalue weighted by Crippen LogP contribution is -2.31. The number of hydrogen-bond donors (Lipinski definition) is 2. The molecule has 0 spiro atoms. The van der Waals surface area contributed by atoms with Crippen LogP contribution >= 0.6 is 0 Å². The molecule has 0 aromatic heterocycles. The van der Waals surface area contributed by atoms with E-state index in [0.717, 1.165) is 34.7 Å². The first-order valence-corrected chi connectivity index (χ1v) is 10.2. The number of rotatable bonds is 5. The highest BCUT2D eigenvalue weighted by atomic mass is 19.1. The van der Waals surface area contributed by atoms with Crippen LogP contribution in [0.3, 0.4) is 0 Å². The molecule has 2 heterocycles. The van der Waals surface area contributed by atoms with E-state index in [2.05, 4.69) is 15.6 Å². The van der Waals surface area contributed by atoms with Crippen molar-refractivity contribution in [2.24, 2.45) is 4.99 Å². The van der Waals surface area contributed by atoms with E-state index in [4.69, 9.17) is 18.9 Å². The van der Waals surface area contributed by atoms with Crippen LogP contribution in [-0.4, -0.2) is 39.1 Å². The molecule has 30 heavy (non-hydrogen) atoms. The van der Waals surface area contributed by atoms with Gasteiger partial charge in [0.2, 0.25) is 0 Å². The Morgan fingerprint density at radius 2 is 1.97 bits per heavy atom. The highest BCUT2D eigenvalue weighted by Gasteiger charge is 2.17. The van der Waals surface area contributed by atoms with Gasteiger partial charge in [-0.05, 0) is 43.2 Å². The number of halogens is 1. The van der Waals surface area contributed by atoms with E-state index in [-0.39, 0.29) is 12.6 Å². The van der Waals surface area contributed by atoms with Gasteiger partial charge in [0.05, 0.1) is 19.8 Å². The van der Waals surface area contributed by atoms with Crippen molar-refractivity contribution < 1.29 is 23.3 Å². The summed E-state index contributed by atoms with van der Waals surface area (Å²) in [6.45, 7) is 5.02. The number of aliphatic imine (C=N–C) groups is 1. The van der Waals surface area contributed by atoms with E-state index >= 15 is 0 Å². The van der Waals surface area contributed by atoms with Crippen LogP contribution in [-0.2, 0) is 17.8 Å². The van der Waals surface area contributed by atoms with Gasteiger partial charge in [0.1, 0.15) is 11.6 Å². The van der Waals surface area contributed by atoms with Crippen molar-refractivity contribution in [1.29, 1.82) is 0 Å². The van der Waals surface area contributed by atoms with Crippen LogP contribution in [0.25, 0.3) is 0 Å². The Labute approximate surface area is 175 Å². The molecule has 2 aromatic carbocycles. The Hall–Kier alpha value is -3.00. The monoisotopic (exact) mass is 415 g/mol. The third-order valence-corrected chi connectivity index (χ3v) is 4.76. The molecule has 0 atom stereocenters. The molecule has 0 amide bonds. The zero-order valence-electron chi connectivity index (χ0n) is 17.0. The molecule has 0 saturated heterocycles. The van der Waals surface area contributed by atoms with Crippen molar-refractivity contribution in [2.75, 3.05) is 38.4 Å².